The fourth-order valence-electron chi connectivity index (χ4n) is 1.94. The molecule has 20 heavy (non-hydrogen) atoms. The Morgan fingerprint density at radius 3 is 2.30 bits per heavy atom. The summed E-state index contributed by atoms with van der Waals surface area (Å²) in [5, 5.41) is -0.0483. The van der Waals surface area contributed by atoms with Crippen LogP contribution in [0.4, 0.5) is 0 Å². The molecule has 0 saturated carbocycles. The molecule has 0 aromatic heterocycles. The maximum Gasteiger partial charge on any atom is 0.185 e. The van der Waals surface area contributed by atoms with Crippen LogP contribution in [0.3, 0.4) is 0 Å². The molecule has 0 spiro atoms. The highest BCUT2D eigenvalue weighted by molar-refractivity contribution is 7.96. The highest BCUT2D eigenvalue weighted by atomic mass is 32.1. The molecule has 2 aromatic rings. The van der Waals surface area contributed by atoms with Crippen molar-refractivity contribution in [2.75, 3.05) is 0 Å². The monoisotopic (exact) mass is 286 g/mol. The molecule has 0 aliphatic carbocycles. The van der Waals surface area contributed by atoms with Crippen LogP contribution in [0.2, 0.25) is 0 Å². The van der Waals surface area contributed by atoms with E-state index in [9.17, 15) is 4.79 Å². The first-order chi connectivity index (χ1) is 9.74. The van der Waals surface area contributed by atoms with E-state index < -0.39 is 0 Å². The summed E-state index contributed by atoms with van der Waals surface area (Å²) < 4.78 is 5.72. The van der Waals surface area contributed by atoms with E-state index in [0.717, 1.165) is 24.2 Å². The molecule has 2 aromatic carbocycles. The van der Waals surface area contributed by atoms with Crippen molar-refractivity contribution in [3.05, 3.63) is 65.7 Å². The van der Waals surface area contributed by atoms with Crippen LogP contribution in [-0.2, 0) is 17.8 Å². The van der Waals surface area contributed by atoms with Crippen LogP contribution in [-0.4, -0.2) is 5.12 Å². The first-order valence-electron chi connectivity index (χ1n) is 6.71. The second-order valence-electron chi connectivity index (χ2n) is 4.67. The van der Waals surface area contributed by atoms with Gasteiger partial charge in [-0.1, -0.05) is 42.5 Å². The highest BCUT2D eigenvalue weighted by Gasteiger charge is 1.99. The summed E-state index contributed by atoms with van der Waals surface area (Å²) >= 11 is 3.76. The van der Waals surface area contributed by atoms with Gasteiger partial charge in [-0.2, -0.15) is 0 Å². The lowest BCUT2D eigenvalue weighted by Crippen LogP contribution is -1.95. The minimum absolute atomic E-state index is 0.0483. The summed E-state index contributed by atoms with van der Waals surface area (Å²) in [7, 11) is 0. The standard InChI is InChI=1S/C17H18O2S/c18-17(20)8-4-7-14-9-11-16(12-10-14)19-13-15-5-2-1-3-6-15/h1-3,5-6,9-12H,4,7-8,13H2,(H,18,20). The molecule has 0 saturated heterocycles. The summed E-state index contributed by atoms with van der Waals surface area (Å²) in [6, 6.07) is 18.1. The van der Waals surface area contributed by atoms with Crippen LogP contribution in [0.25, 0.3) is 0 Å². The van der Waals surface area contributed by atoms with Gasteiger partial charge in [0.25, 0.3) is 0 Å². The minimum Gasteiger partial charge on any atom is -0.489 e. The third kappa shape index (κ3) is 5.10. The molecular formula is C17H18O2S. The number of thiol groups is 1. The molecule has 0 bridgehead atoms. The molecule has 2 nitrogen and oxygen atoms in total. The summed E-state index contributed by atoms with van der Waals surface area (Å²) in [6.07, 6.45) is 2.26. The molecule has 0 heterocycles. The molecular weight excluding hydrogens is 268 g/mol. The Balaban J connectivity index is 1.81. The zero-order chi connectivity index (χ0) is 14.2. The summed E-state index contributed by atoms with van der Waals surface area (Å²) in [6.45, 7) is 0.578. The van der Waals surface area contributed by atoms with Crippen molar-refractivity contribution in [1.29, 1.82) is 0 Å². The molecule has 2 rings (SSSR count). The maximum atomic E-state index is 10.8. The third-order valence-electron chi connectivity index (χ3n) is 3.03. The van der Waals surface area contributed by atoms with Crippen molar-refractivity contribution in [2.24, 2.45) is 0 Å². The Bertz CT molecular complexity index is 535. The van der Waals surface area contributed by atoms with Crippen molar-refractivity contribution < 1.29 is 9.53 Å². The second-order valence-corrected chi connectivity index (χ2v) is 5.16. The van der Waals surface area contributed by atoms with Gasteiger partial charge in [0.05, 0.1) is 0 Å². The fourth-order valence-corrected chi connectivity index (χ4v) is 2.10. The predicted molar refractivity (Wildman–Crippen MR) is 84.1 cm³/mol. The Morgan fingerprint density at radius 1 is 0.950 bits per heavy atom. The molecule has 0 aliphatic rings. The minimum atomic E-state index is -0.0483. The Labute approximate surface area is 125 Å². The van der Waals surface area contributed by atoms with Crippen molar-refractivity contribution in [3.8, 4) is 5.75 Å². The zero-order valence-electron chi connectivity index (χ0n) is 11.3. The Morgan fingerprint density at radius 2 is 1.65 bits per heavy atom. The molecule has 0 radical (unpaired) electrons. The van der Waals surface area contributed by atoms with E-state index in [1.165, 1.54) is 5.56 Å². The van der Waals surface area contributed by atoms with Crippen molar-refractivity contribution in [3.63, 3.8) is 0 Å². The molecule has 104 valence electrons. The van der Waals surface area contributed by atoms with Gasteiger partial charge in [-0.15, -0.1) is 12.6 Å². The normalized spacial score (nSPS) is 10.2. The van der Waals surface area contributed by atoms with Crippen LogP contribution < -0.4 is 4.74 Å². The van der Waals surface area contributed by atoms with Crippen molar-refractivity contribution >= 4 is 17.7 Å². The molecule has 0 fully saturated rings. The van der Waals surface area contributed by atoms with E-state index >= 15 is 0 Å². The van der Waals surface area contributed by atoms with Crippen LogP contribution in [0, 0.1) is 0 Å². The highest BCUT2D eigenvalue weighted by Crippen LogP contribution is 2.15. The van der Waals surface area contributed by atoms with E-state index in [2.05, 4.69) is 12.6 Å². The van der Waals surface area contributed by atoms with Gasteiger partial charge >= 0.3 is 0 Å². The number of aryl methyl sites for hydroxylation is 1. The fraction of sp³-hybridized carbons (Fsp3) is 0.235. The topological polar surface area (TPSA) is 26.3 Å². The van der Waals surface area contributed by atoms with Gasteiger partial charge in [0, 0.05) is 6.42 Å². The second kappa shape index (κ2) is 7.75. The largest absolute Gasteiger partial charge is 0.489 e. The third-order valence-corrected chi connectivity index (χ3v) is 3.25. The molecule has 0 atom stereocenters. The molecule has 0 amide bonds. The molecule has 3 heteroatoms. The number of carbonyl (C=O) groups is 1. The number of ether oxygens (including phenoxy) is 1. The number of rotatable bonds is 7. The van der Waals surface area contributed by atoms with Gasteiger partial charge in [0.15, 0.2) is 5.12 Å². The molecule has 0 N–H and O–H groups in total. The van der Waals surface area contributed by atoms with Crippen LogP contribution in [0.15, 0.2) is 54.6 Å². The summed E-state index contributed by atoms with van der Waals surface area (Å²) in [4.78, 5) is 10.8. The Hall–Kier alpha value is -1.74. The summed E-state index contributed by atoms with van der Waals surface area (Å²) in [5.74, 6) is 0.864. The number of carbonyl (C=O) groups excluding carboxylic acids is 1. The smallest absolute Gasteiger partial charge is 0.185 e. The van der Waals surface area contributed by atoms with E-state index in [1.807, 2.05) is 54.6 Å². The maximum absolute atomic E-state index is 10.8. The lowest BCUT2D eigenvalue weighted by Gasteiger charge is -2.07. The van der Waals surface area contributed by atoms with E-state index in [4.69, 9.17) is 4.74 Å². The Kier molecular flexibility index (Phi) is 5.69. The molecule has 0 aliphatic heterocycles. The predicted octanol–water partition coefficient (Wildman–Crippen LogP) is 4.04. The van der Waals surface area contributed by atoms with E-state index in [1.54, 1.807) is 0 Å². The lowest BCUT2D eigenvalue weighted by atomic mass is 10.1. The van der Waals surface area contributed by atoms with E-state index in [-0.39, 0.29) is 5.12 Å². The summed E-state index contributed by atoms with van der Waals surface area (Å²) in [5.41, 5.74) is 2.37. The van der Waals surface area contributed by atoms with E-state index in [0.29, 0.717) is 13.0 Å². The van der Waals surface area contributed by atoms with Gasteiger partial charge in [-0.05, 0) is 36.1 Å². The van der Waals surface area contributed by atoms with Gasteiger partial charge in [0.1, 0.15) is 12.4 Å². The van der Waals surface area contributed by atoms with Gasteiger partial charge < -0.3 is 4.74 Å². The zero-order valence-corrected chi connectivity index (χ0v) is 12.2. The SMILES string of the molecule is O=C(S)CCCc1ccc(OCc2ccccc2)cc1. The first-order valence-corrected chi connectivity index (χ1v) is 7.16. The number of hydrogen-bond acceptors (Lipinski definition) is 2. The van der Waals surface area contributed by atoms with Gasteiger partial charge in [-0.25, -0.2) is 0 Å². The average Bonchev–Trinajstić information content (AvgIpc) is 2.47. The lowest BCUT2D eigenvalue weighted by molar-refractivity contribution is -0.110. The average molecular weight is 286 g/mol. The van der Waals surface area contributed by atoms with Crippen molar-refractivity contribution in [1.82, 2.24) is 0 Å². The van der Waals surface area contributed by atoms with Gasteiger partial charge in [-0.3, -0.25) is 4.79 Å². The van der Waals surface area contributed by atoms with Crippen molar-refractivity contribution in [2.45, 2.75) is 25.9 Å². The number of hydrogen-bond donors (Lipinski definition) is 1. The van der Waals surface area contributed by atoms with Gasteiger partial charge in [0.2, 0.25) is 0 Å². The van der Waals surface area contributed by atoms with Crippen LogP contribution in [0.5, 0.6) is 5.75 Å². The quantitative estimate of drug-likeness (QED) is 0.777. The first kappa shape index (κ1) is 14.7. The van der Waals surface area contributed by atoms with Crippen LogP contribution in [0.1, 0.15) is 24.0 Å². The molecule has 0 unspecified atom stereocenters. The van der Waals surface area contributed by atoms with Crippen LogP contribution >= 0.6 is 12.6 Å². The number of benzene rings is 2.